The van der Waals surface area contributed by atoms with E-state index in [2.05, 4.69) is 18.9 Å². The molecular weight excluding hydrogens is 440 g/mol. The number of benzene rings is 1. The van der Waals surface area contributed by atoms with Crippen molar-refractivity contribution in [3.8, 4) is 11.5 Å². The summed E-state index contributed by atoms with van der Waals surface area (Å²) in [7, 11) is 0. The van der Waals surface area contributed by atoms with Crippen LogP contribution in [0.2, 0.25) is 0 Å². The van der Waals surface area contributed by atoms with E-state index in [1.165, 1.54) is 11.3 Å². The maximum absolute atomic E-state index is 13.2. The summed E-state index contributed by atoms with van der Waals surface area (Å²) in [5.74, 6) is 1.65. The number of fused-ring (bicyclic) bond motifs is 2. The number of rotatable bonds is 4. The van der Waals surface area contributed by atoms with Gasteiger partial charge in [0.2, 0.25) is 6.10 Å². The van der Waals surface area contributed by atoms with Gasteiger partial charge in [-0.05, 0) is 31.0 Å². The minimum Gasteiger partial charge on any atom is -0.485 e. The molecule has 0 spiro atoms. The summed E-state index contributed by atoms with van der Waals surface area (Å²) in [5, 5.41) is 5.68. The van der Waals surface area contributed by atoms with Crippen LogP contribution in [0.4, 0.5) is 0 Å². The van der Waals surface area contributed by atoms with Crippen molar-refractivity contribution in [1.29, 1.82) is 0 Å². The summed E-state index contributed by atoms with van der Waals surface area (Å²) in [5.41, 5.74) is 0.952. The lowest BCUT2D eigenvalue weighted by Gasteiger charge is -2.37. The number of thiophene rings is 1. The van der Waals surface area contributed by atoms with Gasteiger partial charge in [-0.2, -0.15) is 5.10 Å². The van der Waals surface area contributed by atoms with Crippen LogP contribution in [0.3, 0.4) is 0 Å². The number of amides is 2. The molecule has 1 saturated heterocycles. The Morgan fingerprint density at radius 2 is 1.82 bits per heavy atom. The largest absolute Gasteiger partial charge is 0.485 e. The van der Waals surface area contributed by atoms with Crippen molar-refractivity contribution in [2.24, 2.45) is 5.92 Å². The second-order valence-corrected chi connectivity index (χ2v) is 10.0. The topological polar surface area (TPSA) is 76.9 Å². The second kappa shape index (κ2) is 8.70. The fraction of sp³-hybridized carbons (Fsp3) is 0.458. The third kappa shape index (κ3) is 4.17. The van der Waals surface area contributed by atoms with E-state index in [0.29, 0.717) is 43.6 Å². The first-order valence-corrected chi connectivity index (χ1v) is 12.2. The number of carbonyl (C=O) groups is 2. The highest BCUT2D eigenvalue weighted by Gasteiger charge is 2.34. The van der Waals surface area contributed by atoms with Crippen molar-refractivity contribution < 1.29 is 19.1 Å². The van der Waals surface area contributed by atoms with Gasteiger partial charge >= 0.3 is 0 Å². The summed E-state index contributed by atoms with van der Waals surface area (Å²) in [6, 6.07) is 9.33. The molecule has 0 bridgehead atoms. The predicted molar refractivity (Wildman–Crippen MR) is 126 cm³/mol. The number of hydrogen-bond acceptors (Lipinski definition) is 6. The quantitative estimate of drug-likeness (QED) is 0.588. The normalized spacial score (nSPS) is 18.2. The van der Waals surface area contributed by atoms with Gasteiger partial charge in [-0.1, -0.05) is 26.0 Å². The molecule has 174 valence electrons. The van der Waals surface area contributed by atoms with Gasteiger partial charge in [-0.15, -0.1) is 11.3 Å². The molecule has 2 aromatic heterocycles. The predicted octanol–water partition coefficient (Wildman–Crippen LogP) is 3.19. The number of aryl methyl sites for hydroxylation is 1. The van der Waals surface area contributed by atoms with E-state index < -0.39 is 6.10 Å². The van der Waals surface area contributed by atoms with Crippen molar-refractivity contribution >= 4 is 33.4 Å². The minimum atomic E-state index is -0.656. The lowest BCUT2D eigenvalue weighted by molar-refractivity contribution is -0.142. The molecule has 0 saturated carbocycles. The Kier molecular flexibility index (Phi) is 5.74. The van der Waals surface area contributed by atoms with Gasteiger partial charge in [0.05, 0.1) is 10.6 Å². The van der Waals surface area contributed by atoms with Crippen molar-refractivity contribution in [3.05, 3.63) is 40.9 Å². The first-order valence-electron chi connectivity index (χ1n) is 11.3. The smallest absolute Gasteiger partial charge is 0.267 e. The minimum absolute atomic E-state index is 0.0185. The van der Waals surface area contributed by atoms with Crippen LogP contribution in [0.15, 0.2) is 30.3 Å². The number of carbonyl (C=O) groups excluding carboxylic acids is 2. The first kappa shape index (κ1) is 21.8. The third-order valence-electron chi connectivity index (χ3n) is 6.02. The van der Waals surface area contributed by atoms with Crippen molar-refractivity contribution in [2.75, 3.05) is 32.8 Å². The Hall–Kier alpha value is -3.07. The highest BCUT2D eigenvalue weighted by molar-refractivity contribution is 7.20. The number of hydrogen-bond donors (Lipinski definition) is 0. The van der Waals surface area contributed by atoms with Gasteiger partial charge in [0, 0.05) is 38.1 Å². The Morgan fingerprint density at radius 3 is 2.55 bits per heavy atom. The molecule has 0 radical (unpaired) electrons. The zero-order chi connectivity index (χ0) is 23.1. The lowest BCUT2D eigenvalue weighted by Crippen LogP contribution is -2.55. The highest BCUT2D eigenvalue weighted by atomic mass is 32.1. The SMILES string of the molecule is Cc1nn(CC(C)C)c2sc(C(=O)N3CCN(C(=O)[C@H]4COc5ccccc5O4)CC3)cc12. The molecule has 3 aromatic rings. The molecule has 1 fully saturated rings. The molecule has 0 aliphatic carbocycles. The van der Waals surface area contributed by atoms with Crippen LogP contribution < -0.4 is 9.47 Å². The fourth-order valence-corrected chi connectivity index (χ4v) is 5.46. The molecule has 33 heavy (non-hydrogen) atoms. The lowest BCUT2D eigenvalue weighted by atomic mass is 10.2. The summed E-state index contributed by atoms with van der Waals surface area (Å²) in [4.78, 5) is 31.5. The average Bonchev–Trinajstić information content (AvgIpc) is 3.38. The van der Waals surface area contributed by atoms with Crippen LogP contribution in [0.1, 0.15) is 29.2 Å². The Labute approximate surface area is 196 Å². The van der Waals surface area contributed by atoms with Gasteiger partial charge in [0.25, 0.3) is 11.8 Å². The number of para-hydroxylation sites is 2. The van der Waals surface area contributed by atoms with Gasteiger partial charge in [-0.25, -0.2) is 0 Å². The molecule has 0 N–H and O–H groups in total. The highest BCUT2D eigenvalue weighted by Crippen LogP contribution is 2.32. The van der Waals surface area contributed by atoms with Crippen molar-refractivity contribution in [2.45, 2.75) is 33.4 Å². The molecular formula is C24H28N4O4S. The number of aromatic nitrogens is 2. The maximum atomic E-state index is 13.2. The second-order valence-electron chi connectivity index (χ2n) is 8.97. The molecule has 2 aliphatic rings. The van der Waals surface area contributed by atoms with Gasteiger partial charge in [-0.3, -0.25) is 14.3 Å². The zero-order valence-corrected chi connectivity index (χ0v) is 19.9. The third-order valence-corrected chi connectivity index (χ3v) is 7.16. The molecule has 0 unspecified atom stereocenters. The van der Waals surface area contributed by atoms with E-state index in [1.807, 2.05) is 40.8 Å². The molecule has 2 amide bonds. The maximum Gasteiger partial charge on any atom is 0.267 e. The molecule has 4 heterocycles. The average molecular weight is 469 g/mol. The molecule has 2 aliphatic heterocycles. The fourth-order valence-electron chi connectivity index (χ4n) is 4.32. The molecule has 9 heteroatoms. The van der Waals surface area contributed by atoms with Crippen LogP contribution in [0, 0.1) is 12.8 Å². The number of piperazine rings is 1. The van der Waals surface area contributed by atoms with E-state index in [0.717, 1.165) is 27.3 Å². The molecule has 8 nitrogen and oxygen atoms in total. The molecule has 1 atom stereocenters. The van der Waals surface area contributed by atoms with Crippen LogP contribution in [-0.4, -0.2) is 70.3 Å². The Bertz CT molecular complexity index is 1190. The zero-order valence-electron chi connectivity index (χ0n) is 19.1. The van der Waals surface area contributed by atoms with E-state index in [4.69, 9.17) is 9.47 Å². The van der Waals surface area contributed by atoms with Crippen LogP contribution in [-0.2, 0) is 11.3 Å². The van der Waals surface area contributed by atoms with E-state index in [1.54, 1.807) is 11.0 Å². The van der Waals surface area contributed by atoms with Crippen molar-refractivity contribution in [1.82, 2.24) is 19.6 Å². The Balaban J connectivity index is 1.22. The van der Waals surface area contributed by atoms with Gasteiger partial charge < -0.3 is 19.3 Å². The van der Waals surface area contributed by atoms with E-state index in [9.17, 15) is 9.59 Å². The first-order chi connectivity index (χ1) is 15.9. The van der Waals surface area contributed by atoms with Gasteiger partial charge in [0.15, 0.2) is 11.5 Å². The summed E-state index contributed by atoms with van der Waals surface area (Å²) in [6.45, 7) is 9.30. The van der Waals surface area contributed by atoms with Gasteiger partial charge in [0.1, 0.15) is 11.4 Å². The number of ether oxygens (including phenoxy) is 2. The van der Waals surface area contributed by atoms with Crippen LogP contribution >= 0.6 is 11.3 Å². The van der Waals surface area contributed by atoms with Crippen molar-refractivity contribution in [3.63, 3.8) is 0 Å². The number of nitrogens with zero attached hydrogens (tertiary/aromatic N) is 4. The monoisotopic (exact) mass is 468 g/mol. The summed E-state index contributed by atoms with van der Waals surface area (Å²) < 4.78 is 13.6. The Morgan fingerprint density at radius 1 is 1.12 bits per heavy atom. The summed E-state index contributed by atoms with van der Waals surface area (Å²) >= 11 is 1.50. The summed E-state index contributed by atoms with van der Waals surface area (Å²) in [6.07, 6.45) is -0.656. The van der Waals surface area contributed by atoms with E-state index in [-0.39, 0.29) is 18.4 Å². The van der Waals surface area contributed by atoms with E-state index >= 15 is 0 Å². The standard InChI is InChI=1S/C24H28N4O4S/c1-15(2)13-28-24-17(16(3)25-28)12-21(33-24)23(30)27-10-8-26(9-11-27)22(29)20-14-31-18-6-4-5-7-19(18)32-20/h4-7,12,15,20H,8-11,13-14H2,1-3H3/t20-/m1/s1. The van der Waals surface area contributed by atoms with Crippen LogP contribution in [0.25, 0.3) is 10.2 Å². The molecule has 1 aromatic carbocycles. The van der Waals surface area contributed by atoms with Crippen LogP contribution in [0.5, 0.6) is 11.5 Å². The molecule has 5 rings (SSSR count).